The molecule has 6 nitrogen and oxygen atoms in total. The van der Waals surface area contributed by atoms with Crippen molar-refractivity contribution in [1.29, 1.82) is 0 Å². The molecule has 2 aliphatic rings. The van der Waals surface area contributed by atoms with Gasteiger partial charge in [0, 0.05) is 13.1 Å². The van der Waals surface area contributed by atoms with Gasteiger partial charge in [-0.3, -0.25) is 4.79 Å². The van der Waals surface area contributed by atoms with Crippen LogP contribution in [-0.4, -0.2) is 52.6 Å². The van der Waals surface area contributed by atoms with Gasteiger partial charge in [-0.05, 0) is 66.7 Å². The maximum Gasteiger partial charge on any atom is 0.323 e. The third kappa shape index (κ3) is 5.16. The average Bonchev–Trinajstić information content (AvgIpc) is 3.11. The highest BCUT2D eigenvalue weighted by molar-refractivity contribution is 5.83. The number of methoxy groups -OCH3 is 1. The van der Waals surface area contributed by atoms with E-state index in [4.69, 9.17) is 4.74 Å². The second-order valence-electron chi connectivity index (χ2n) is 10.6. The number of hydrogen-bond acceptors (Lipinski definition) is 3. The summed E-state index contributed by atoms with van der Waals surface area (Å²) in [6.07, 6.45) is 5.81. The molecular weight excluding hydrogens is 440 g/mol. The quantitative estimate of drug-likeness (QED) is 0.502. The first-order chi connectivity index (χ1) is 16.8. The predicted molar refractivity (Wildman–Crippen MR) is 137 cm³/mol. The summed E-state index contributed by atoms with van der Waals surface area (Å²) < 4.78 is 5.25. The van der Waals surface area contributed by atoms with Crippen LogP contribution in [0.15, 0.2) is 54.6 Å². The summed E-state index contributed by atoms with van der Waals surface area (Å²) in [6, 6.07) is 18.3. The van der Waals surface area contributed by atoms with Crippen LogP contribution in [0.25, 0.3) is 0 Å². The van der Waals surface area contributed by atoms with Gasteiger partial charge in [-0.15, -0.1) is 0 Å². The number of nitrogens with zero attached hydrogens (tertiary/aromatic N) is 2. The maximum atomic E-state index is 13.5. The van der Waals surface area contributed by atoms with Gasteiger partial charge in [0.25, 0.3) is 0 Å². The van der Waals surface area contributed by atoms with Crippen molar-refractivity contribution in [2.24, 2.45) is 5.92 Å². The number of aliphatic carboxylic acids is 1. The standard InChI is InChI=1S/C29H38N2O4/c1-4-22(2)18-28(24-8-6-5-7-9-24)14-16-29(17-15-28)21-30(27(34)31(29)20-26(32)33)19-23-10-12-25(35-3)13-11-23/h5-13,22H,4,14-21H2,1-3H3,(H,32,33)/t22?,28-,29-. The molecule has 4 rings (SSSR count). The number of hydrogen-bond donors (Lipinski definition) is 1. The number of rotatable bonds is 9. The summed E-state index contributed by atoms with van der Waals surface area (Å²) in [5.41, 5.74) is 2.02. The molecule has 0 aromatic heterocycles. The molecule has 1 spiro atoms. The second kappa shape index (κ2) is 10.3. The van der Waals surface area contributed by atoms with Crippen LogP contribution in [-0.2, 0) is 16.8 Å². The normalized spacial score (nSPS) is 25.2. The zero-order chi connectivity index (χ0) is 25.1. The van der Waals surface area contributed by atoms with E-state index in [0.717, 1.165) is 49.8 Å². The van der Waals surface area contributed by atoms with Crippen molar-refractivity contribution in [3.8, 4) is 5.75 Å². The van der Waals surface area contributed by atoms with Gasteiger partial charge in [-0.1, -0.05) is 62.7 Å². The summed E-state index contributed by atoms with van der Waals surface area (Å²) in [6.45, 7) is 5.36. The Morgan fingerprint density at radius 2 is 1.71 bits per heavy atom. The Hall–Kier alpha value is -3.02. The van der Waals surface area contributed by atoms with E-state index in [1.54, 1.807) is 12.0 Å². The fourth-order valence-corrected chi connectivity index (χ4v) is 6.16. The van der Waals surface area contributed by atoms with E-state index >= 15 is 0 Å². The van der Waals surface area contributed by atoms with Crippen molar-refractivity contribution in [3.63, 3.8) is 0 Å². The lowest BCUT2D eigenvalue weighted by atomic mass is 9.60. The second-order valence-corrected chi connectivity index (χ2v) is 10.6. The largest absolute Gasteiger partial charge is 0.497 e. The highest BCUT2D eigenvalue weighted by Gasteiger charge is 2.54. The van der Waals surface area contributed by atoms with Gasteiger partial charge < -0.3 is 19.6 Å². The first-order valence-corrected chi connectivity index (χ1v) is 12.8. The summed E-state index contributed by atoms with van der Waals surface area (Å²) >= 11 is 0. The molecule has 6 heteroatoms. The van der Waals surface area contributed by atoms with Gasteiger partial charge in [-0.2, -0.15) is 0 Å². The topological polar surface area (TPSA) is 70.1 Å². The summed E-state index contributed by atoms with van der Waals surface area (Å²) in [5, 5.41) is 9.64. The van der Waals surface area contributed by atoms with Gasteiger partial charge >= 0.3 is 12.0 Å². The van der Waals surface area contributed by atoms with E-state index in [9.17, 15) is 14.7 Å². The molecule has 2 fully saturated rings. The number of carboxylic acid groups (broad SMARTS) is 1. The molecule has 1 heterocycles. The van der Waals surface area contributed by atoms with Crippen LogP contribution in [0.4, 0.5) is 4.79 Å². The molecule has 2 aromatic carbocycles. The summed E-state index contributed by atoms with van der Waals surface area (Å²) in [7, 11) is 1.63. The average molecular weight is 479 g/mol. The number of ether oxygens (including phenoxy) is 1. The molecular formula is C29H38N2O4. The van der Waals surface area contributed by atoms with Gasteiger partial charge in [0.2, 0.25) is 0 Å². The Bertz CT molecular complexity index is 1010. The predicted octanol–water partition coefficient (Wildman–Crippen LogP) is 5.70. The first kappa shape index (κ1) is 25.1. The molecule has 1 unspecified atom stereocenters. The smallest absolute Gasteiger partial charge is 0.323 e. The fraction of sp³-hybridized carbons (Fsp3) is 0.517. The molecule has 2 amide bonds. The Labute approximate surface area is 208 Å². The highest BCUT2D eigenvalue weighted by Crippen LogP contribution is 2.51. The molecule has 0 radical (unpaired) electrons. The van der Waals surface area contributed by atoms with Crippen LogP contribution in [0.5, 0.6) is 5.75 Å². The molecule has 1 atom stereocenters. The van der Waals surface area contributed by atoms with E-state index < -0.39 is 11.5 Å². The molecule has 35 heavy (non-hydrogen) atoms. The number of urea groups is 1. The first-order valence-electron chi connectivity index (χ1n) is 12.8. The van der Waals surface area contributed by atoms with E-state index in [1.807, 2.05) is 29.2 Å². The van der Waals surface area contributed by atoms with Crippen LogP contribution in [0.3, 0.4) is 0 Å². The van der Waals surface area contributed by atoms with E-state index in [0.29, 0.717) is 19.0 Å². The number of benzene rings is 2. The molecule has 1 N–H and O–H groups in total. The SMILES string of the molecule is CCC(C)C[C@]1(c2ccccc2)CC[C@]2(CC1)CN(Cc1ccc(OC)cc1)C(=O)N2CC(=O)O. The van der Waals surface area contributed by atoms with Crippen molar-refractivity contribution in [3.05, 3.63) is 65.7 Å². The zero-order valence-corrected chi connectivity index (χ0v) is 21.2. The van der Waals surface area contributed by atoms with Gasteiger partial charge in [-0.25, -0.2) is 4.79 Å². The third-order valence-electron chi connectivity index (χ3n) is 8.35. The van der Waals surface area contributed by atoms with Crippen molar-refractivity contribution < 1.29 is 19.4 Å². The maximum absolute atomic E-state index is 13.5. The van der Waals surface area contributed by atoms with Crippen molar-refractivity contribution >= 4 is 12.0 Å². The Morgan fingerprint density at radius 1 is 1.06 bits per heavy atom. The van der Waals surface area contributed by atoms with Crippen LogP contribution in [0, 0.1) is 5.92 Å². The van der Waals surface area contributed by atoms with Crippen molar-refractivity contribution in [2.75, 3.05) is 20.2 Å². The molecule has 188 valence electrons. The van der Waals surface area contributed by atoms with E-state index in [-0.39, 0.29) is 18.0 Å². The minimum Gasteiger partial charge on any atom is -0.497 e. The van der Waals surface area contributed by atoms with Crippen molar-refractivity contribution in [2.45, 2.75) is 69.9 Å². The summed E-state index contributed by atoms with van der Waals surface area (Å²) in [5.74, 6) is 0.427. The molecule has 1 saturated heterocycles. The van der Waals surface area contributed by atoms with Crippen LogP contribution < -0.4 is 4.74 Å². The minimum absolute atomic E-state index is 0.0727. The molecule has 1 saturated carbocycles. The summed E-state index contributed by atoms with van der Waals surface area (Å²) in [4.78, 5) is 28.7. The molecule has 2 aromatic rings. The fourth-order valence-electron chi connectivity index (χ4n) is 6.16. The van der Waals surface area contributed by atoms with E-state index in [1.165, 1.54) is 5.56 Å². The molecule has 1 aliphatic carbocycles. The van der Waals surface area contributed by atoms with Crippen LogP contribution in [0.1, 0.15) is 63.5 Å². The minimum atomic E-state index is -0.955. The van der Waals surface area contributed by atoms with E-state index in [2.05, 4.69) is 44.2 Å². The van der Waals surface area contributed by atoms with Crippen LogP contribution >= 0.6 is 0 Å². The lowest BCUT2D eigenvalue weighted by Crippen LogP contribution is -2.53. The third-order valence-corrected chi connectivity index (χ3v) is 8.35. The Balaban J connectivity index is 1.58. The monoisotopic (exact) mass is 478 g/mol. The van der Waals surface area contributed by atoms with Crippen LogP contribution in [0.2, 0.25) is 0 Å². The number of amides is 2. The number of carbonyl (C=O) groups is 2. The zero-order valence-electron chi connectivity index (χ0n) is 21.2. The number of carboxylic acids is 1. The van der Waals surface area contributed by atoms with Gasteiger partial charge in [0.1, 0.15) is 12.3 Å². The van der Waals surface area contributed by atoms with Crippen molar-refractivity contribution in [1.82, 2.24) is 9.80 Å². The molecule has 0 bridgehead atoms. The van der Waals surface area contributed by atoms with Gasteiger partial charge in [0.05, 0.1) is 12.6 Å². The Kier molecular flexibility index (Phi) is 7.39. The molecule has 1 aliphatic heterocycles. The Morgan fingerprint density at radius 3 is 2.29 bits per heavy atom. The lowest BCUT2D eigenvalue weighted by Gasteiger charge is -2.48. The highest BCUT2D eigenvalue weighted by atomic mass is 16.5. The van der Waals surface area contributed by atoms with Gasteiger partial charge in [0.15, 0.2) is 0 Å². The lowest BCUT2D eigenvalue weighted by molar-refractivity contribution is -0.138. The number of carbonyl (C=O) groups excluding carboxylic acids is 1.